The van der Waals surface area contributed by atoms with E-state index in [9.17, 15) is 13.8 Å². The van der Waals surface area contributed by atoms with Crippen LogP contribution in [0.4, 0.5) is 4.79 Å². The monoisotopic (exact) mass is 480 g/mol. The quantitative estimate of drug-likeness (QED) is 0.548. The maximum Gasteiger partial charge on any atom is 0.404 e. The van der Waals surface area contributed by atoms with Crippen LogP contribution in [0.3, 0.4) is 0 Å². The fourth-order valence-corrected chi connectivity index (χ4v) is 5.64. The van der Waals surface area contributed by atoms with Crippen molar-refractivity contribution in [2.75, 3.05) is 6.54 Å². The number of hydrogen-bond acceptors (Lipinski definition) is 6. The van der Waals surface area contributed by atoms with Crippen LogP contribution in [0.5, 0.6) is 0 Å². The molecule has 2 aromatic rings. The highest BCUT2D eigenvalue weighted by Gasteiger charge is 2.21. The van der Waals surface area contributed by atoms with Gasteiger partial charge in [-0.05, 0) is 38.8 Å². The van der Waals surface area contributed by atoms with Crippen molar-refractivity contribution < 1.29 is 18.5 Å². The number of primary amides is 2. The van der Waals surface area contributed by atoms with E-state index in [1.54, 1.807) is 37.3 Å². The van der Waals surface area contributed by atoms with Crippen LogP contribution in [0.2, 0.25) is 0 Å². The van der Waals surface area contributed by atoms with E-state index in [0.717, 1.165) is 15.4 Å². The van der Waals surface area contributed by atoms with Crippen LogP contribution >= 0.6 is 11.3 Å². The summed E-state index contributed by atoms with van der Waals surface area (Å²) >= 11 is 1.67. The van der Waals surface area contributed by atoms with Crippen molar-refractivity contribution in [2.45, 2.75) is 69.8 Å². The minimum Gasteiger partial charge on any atom is -0.447 e. The zero-order valence-corrected chi connectivity index (χ0v) is 20.4. The highest BCUT2D eigenvalue weighted by Crippen LogP contribution is 2.38. The molecule has 10 heteroatoms. The lowest BCUT2D eigenvalue weighted by Gasteiger charge is -2.18. The molecule has 0 bridgehead atoms. The molecule has 0 radical (unpaired) electrons. The summed E-state index contributed by atoms with van der Waals surface area (Å²) in [5.41, 5.74) is 11.2. The van der Waals surface area contributed by atoms with Crippen molar-refractivity contribution in [1.82, 2.24) is 9.71 Å². The van der Waals surface area contributed by atoms with E-state index in [1.807, 2.05) is 19.2 Å². The van der Waals surface area contributed by atoms with Gasteiger partial charge in [0, 0.05) is 29.8 Å². The number of ether oxygens (including phenoxy) is 1. The first-order chi connectivity index (χ1) is 15.2. The molecule has 0 saturated heterocycles. The standard InChI is InChI=1S/C18H23N3O2S2.C4H9NO2/c1-2-21-25(23)16-10-13(17(19)22)8-9-14(16)15-11-20-18(24-15)12-6-4-3-5-7-12;1-3(2)7-4(5)6/h8-12,21H,2-7H2,1H3,(H2,19,22);3H,1-2H3,(H2,5,6). The van der Waals surface area contributed by atoms with Gasteiger partial charge in [0.25, 0.3) is 0 Å². The highest BCUT2D eigenvalue weighted by atomic mass is 32.2. The Kier molecular flexibility index (Phi) is 10.3. The van der Waals surface area contributed by atoms with Crippen LogP contribution in [0.1, 0.15) is 74.2 Å². The molecule has 1 unspecified atom stereocenters. The number of nitrogens with two attached hydrogens (primary N) is 2. The van der Waals surface area contributed by atoms with E-state index < -0.39 is 23.0 Å². The van der Waals surface area contributed by atoms with Gasteiger partial charge in [-0.1, -0.05) is 32.3 Å². The van der Waals surface area contributed by atoms with Crippen molar-refractivity contribution in [1.29, 1.82) is 0 Å². The Balaban J connectivity index is 0.000000451. The Hall–Kier alpha value is -2.30. The fourth-order valence-electron chi connectivity index (χ4n) is 3.42. The summed E-state index contributed by atoms with van der Waals surface area (Å²) in [6, 6.07) is 5.13. The molecule has 1 heterocycles. The van der Waals surface area contributed by atoms with Crippen molar-refractivity contribution >= 4 is 34.3 Å². The SMILES string of the molecule is CC(C)OC(N)=O.CCNS(=O)c1cc(C(N)=O)ccc1-c1cnc(C2CCCCC2)s1. The zero-order chi connectivity index (χ0) is 23.7. The summed E-state index contributed by atoms with van der Waals surface area (Å²) < 4.78 is 19.9. The maximum atomic E-state index is 12.6. The van der Waals surface area contributed by atoms with E-state index in [4.69, 9.17) is 5.73 Å². The van der Waals surface area contributed by atoms with Crippen LogP contribution in [0.25, 0.3) is 10.4 Å². The van der Waals surface area contributed by atoms with Crippen molar-refractivity contribution in [3.63, 3.8) is 0 Å². The van der Waals surface area contributed by atoms with Gasteiger partial charge in [0.1, 0.15) is 11.0 Å². The molecule has 1 fully saturated rings. The minimum absolute atomic E-state index is 0.0995. The minimum atomic E-state index is -1.40. The number of carbonyl (C=O) groups excluding carboxylic acids is 2. The summed E-state index contributed by atoms with van der Waals surface area (Å²) in [5.74, 6) is 0.0219. The average molecular weight is 481 g/mol. The molecule has 1 atom stereocenters. The number of nitrogens with one attached hydrogen (secondary N) is 1. The second-order valence-electron chi connectivity index (χ2n) is 7.73. The van der Waals surface area contributed by atoms with Gasteiger partial charge < -0.3 is 16.2 Å². The van der Waals surface area contributed by atoms with E-state index in [2.05, 4.69) is 20.2 Å². The Morgan fingerprint density at radius 2 is 1.94 bits per heavy atom. The second kappa shape index (κ2) is 12.7. The number of nitrogens with zero attached hydrogens (tertiary/aromatic N) is 1. The molecule has 32 heavy (non-hydrogen) atoms. The van der Waals surface area contributed by atoms with E-state index in [1.165, 1.54) is 32.1 Å². The fraction of sp³-hybridized carbons (Fsp3) is 0.500. The molecule has 1 aromatic carbocycles. The first kappa shape index (κ1) is 26.0. The number of thiazole rings is 1. The molecule has 1 aromatic heterocycles. The molecule has 5 N–H and O–H groups in total. The summed E-state index contributed by atoms with van der Waals surface area (Å²) in [7, 11) is -1.40. The average Bonchev–Trinajstić information content (AvgIpc) is 3.23. The number of carbonyl (C=O) groups is 2. The lowest BCUT2D eigenvalue weighted by Crippen LogP contribution is -2.18. The van der Waals surface area contributed by atoms with Gasteiger partial charge in [0.2, 0.25) is 5.91 Å². The van der Waals surface area contributed by atoms with Gasteiger partial charge in [-0.3, -0.25) is 4.79 Å². The van der Waals surface area contributed by atoms with E-state index >= 15 is 0 Å². The summed E-state index contributed by atoms with van der Waals surface area (Å²) in [6.07, 6.45) is 7.29. The van der Waals surface area contributed by atoms with Crippen molar-refractivity contribution in [3.05, 3.63) is 35.0 Å². The Morgan fingerprint density at radius 1 is 1.25 bits per heavy atom. The molecule has 3 rings (SSSR count). The molecule has 0 spiro atoms. The summed E-state index contributed by atoms with van der Waals surface area (Å²) in [4.78, 5) is 27.5. The highest BCUT2D eigenvalue weighted by molar-refractivity contribution is 7.83. The molecule has 0 aliphatic heterocycles. The summed E-state index contributed by atoms with van der Waals surface area (Å²) in [6.45, 7) is 5.95. The van der Waals surface area contributed by atoms with Crippen LogP contribution < -0.4 is 16.2 Å². The molecular weight excluding hydrogens is 448 g/mol. The maximum absolute atomic E-state index is 12.6. The van der Waals surface area contributed by atoms with Crippen LogP contribution in [0.15, 0.2) is 29.3 Å². The third kappa shape index (κ3) is 7.68. The van der Waals surface area contributed by atoms with Gasteiger partial charge in [0.05, 0.1) is 20.9 Å². The molecular formula is C22H32N4O4S2. The number of hydrogen-bond donors (Lipinski definition) is 3. The Bertz CT molecular complexity index is 940. The van der Waals surface area contributed by atoms with Gasteiger partial charge in [-0.25, -0.2) is 18.7 Å². The smallest absolute Gasteiger partial charge is 0.404 e. The Labute approximate surface area is 195 Å². The third-order valence-electron chi connectivity index (χ3n) is 4.84. The molecule has 1 saturated carbocycles. The van der Waals surface area contributed by atoms with Gasteiger partial charge >= 0.3 is 6.09 Å². The molecule has 2 amide bonds. The summed E-state index contributed by atoms with van der Waals surface area (Å²) in [5, 5.41) is 1.16. The zero-order valence-electron chi connectivity index (χ0n) is 18.8. The third-order valence-corrected chi connectivity index (χ3v) is 7.32. The van der Waals surface area contributed by atoms with E-state index in [0.29, 0.717) is 22.9 Å². The predicted molar refractivity (Wildman–Crippen MR) is 128 cm³/mol. The second-order valence-corrected chi connectivity index (χ2v) is 10.1. The first-order valence-electron chi connectivity index (χ1n) is 10.7. The lowest BCUT2D eigenvalue weighted by atomic mass is 9.90. The van der Waals surface area contributed by atoms with E-state index in [-0.39, 0.29) is 6.10 Å². The predicted octanol–water partition coefficient (Wildman–Crippen LogP) is 4.08. The lowest BCUT2D eigenvalue weighted by molar-refractivity contribution is 0.0999. The van der Waals surface area contributed by atoms with Gasteiger partial charge in [-0.2, -0.15) is 0 Å². The largest absolute Gasteiger partial charge is 0.447 e. The van der Waals surface area contributed by atoms with Gasteiger partial charge in [0.15, 0.2) is 0 Å². The molecule has 8 nitrogen and oxygen atoms in total. The molecule has 1 aliphatic rings. The van der Waals surface area contributed by atoms with Crippen LogP contribution in [0, 0.1) is 0 Å². The number of amides is 2. The molecule has 176 valence electrons. The number of aromatic nitrogens is 1. The molecule has 1 aliphatic carbocycles. The van der Waals surface area contributed by atoms with Crippen molar-refractivity contribution in [2.24, 2.45) is 11.5 Å². The van der Waals surface area contributed by atoms with Crippen LogP contribution in [-0.4, -0.2) is 33.8 Å². The van der Waals surface area contributed by atoms with Gasteiger partial charge in [-0.15, -0.1) is 11.3 Å². The normalized spacial score (nSPS) is 15.0. The Morgan fingerprint density at radius 3 is 2.47 bits per heavy atom. The first-order valence-corrected chi connectivity index (χ1v) is 12.7. The number of rotatable bonds is 7. The number of benzene rings is 1. The van der Waals surface area contributed by atoms with Crippen LogP contribution in [-0.2, 0) is 15.7 Å². The van der Waals surface area contributed by atoms with Crippen molar-refractivity contribution in [3.8, 4) is 10.4 Å². The topological polar surface area (TPSA) is 137 Å².